The number of aliphatic hydroxyl groups excluding tert-OH is 1. The van der Waals surface area contributed by atoms with E-state index < -0.39 is 28.9 Å². The molecule has 2 rings (SSSR count). The van der Waals surface area contributed by atoms with Crippen LogP contribution in [-0.4, -0.2) is 54.3 Å². The second-order valence-corrected chi connectivity index (χ2v) is 4.14. The zero-order valence-corrected chi connectivity index (χ0v) is 14.5. The number of hydrogen-bond donors (Lipinski definition) is 2. The Morgan fingerprint density at radius 2 is 1.64 bits per heavy atom. The third-order valence-electron chi connectivity index (χ3n) is 2.56. The predicted molar refractivity (Wildman–Crippen MR) is 96.9 cm³/mol. The lowest BCUT2D eigenvalue weighted by Gasteiger charge is -1.97. The number of carboxylic acid groups (broad SMARTS) is 1. The van der Waals surface area contributed by atoms with Crippen LogP contribution in [0.1, 0.15) is 52.1 Å². The highest BCUT2D eigenvalue weighted by atomic mass is 31.0. The third-order valence-corrected chi connectivity index (χ3v) is 2.56. The second kappa shape index (κ2) is 12.9. The van der Waals surface area contributed by atoms with Gasteiger partial charge in [0.15, 0.2) is 0 Å². The molecule has 2 aromatic heterocycles. The van der Waals surface area contributed by atoms with Gasteiger partial charge < -0.3 is 14.9 Å². The summed E-state index contributed by atoms with van der Waals surface area (Å²) in [6.45, 7) is 1.82. The van der Waals surface area contributed by atoms with Gasteiger partial charge in [-0.3, -0.25) is 0 Å². The Kier molecular flexibility index (Phi) is 6.58. The predicted octanol–water partition coefficient (Wildman–Crippen LogP) is 0.919. The van der Waals surface area contributed by atoms with Gasteiger partial charge in [-0.25, -0.2) is 29.5 Å². The molecule has 0 amide bonds. The molecule has 2 N–H and O–H groups in total. The van der Waals surface area contributed by atoms with Gasteiger partial charge >= 0.3 is 11.9 Å². The van der Waals surface area contributed by atoms with Gasteiger partial charge in [-0.05, 0) is 21.7 Å². The van der Waals surface area contributed by atoms with Crippen molar-refractivity contribution in [2.75, 3.05) is 7.11 Å². The molecule has 0 saturated carbocycles. The highest BCUT2D eigenvalue weighted by Crippen LogP contribution is 1.97. The molecule has 138 valence electrons. The van der Waals surface area contributed by atoms with Gasteiger partial charge in [0.05, 0.1) is 13.7 Å². The van der Waals surface area contributed by atoms with E-state index in [0.717, 1.165) is 12.0 Å². The molecule has 0 atom stereocenters. The van der Waals surface area contributed by atoms with Crippen LogP contribution in [0.5, 0.6) is 0 Å². The molecular formula is C15H24N4O5P+. The topological polar surface area (TPSA) is 135 Å². The number of ether oxygens (including phenoxy) is 1. The first kappa shape index (κ1) is 12.8. The monoisotopic (exact) mass is 379 g/mol. The maximum absolute atomic E-state index is 10.9. The van der Waals surface area contributed by atoms with Crippen molar-refractivity contribution in [1.82, 2.24) is 19.9 Å². The van der Waals surface area contributed by atoms with E-state index in [4.69, 9.17) is 20.8 Å². The van der Waals surface area contributed by atoms with Crippen molar-refractivity contribution in [1.29, 1.82) is 5.11 Å². The van der Waals surface area contributed by atoms with Crippen molar-refractivity contribution in [3.8, 4) is 0 Å². The number of carbonyl (C=O) groups excluding carboxylic acids is 1. The molecule has 10 heteroatoms. The fourth-order valence-electron chi connectivity index (χ4n) is 1.28. The molecule has 0 aliphatic heterocycles. The van der Waals surface area contributed by atoms with Gasteiger partial charge in [0.1, 0.15) is 0 Å². The van der Waals surface area contributed by atoms with Crippen molar-refractivity contribution < 1.29 is 30.0 Å². The van der Waals surface area contributed by atoms with Crippen LogP contribution < -0.4 is 0 Å². The van der Waals surface area contributed by atoms with Gasteiger partial charge in [0.25, 0.3) is 5.11 Å². The maximum Gasteiger partial charge on any atom is 0.376 e. The zero-order valence-electron chi connectivity index (χ0n) is 21.6. The summed E-state index contributed by atoms with van der Waals surface area (Å²) in [6.07, 6.45) is 6.66. The van der Waals surface area contributed by atoms with Crippen LogP contribution in [0.2, 0.25) is 0 Å². The molecule has 25 heavy (non-hydrogen) atoms. The minimum Gasteiger partial charge on any atom is -0.475 e. The number of aromatic nitrogens is 4. The first-order chi connectivity index (χ1) is 15.0. The van der Waals surface area contributed by atoms with E-state index in [0.29, 0.717) is 5.56 Å². The van der Waals surface area contributed by atoms with Crippen LogP contribution in [0, 0.1) is 0 Å². The summed E-state index contributed by atoms with van der Waals surface area (Å²) in [4.78, 5) is 35.7. The Morgan fingerprint density at radius 1 is 1.20 bits per heavy atom. The number of carbonyl (C=O) groups is 2. The van der Waals surface area contributed by atoms with Crippen molar-refractivity contribution >= 4 is 21.6 Å². The minimum atomic E-state index is -3.39. The number of hydrogen-bond acceptors (Lipinski definition) is 8. The lowest BCUT2D eigenvalue weighted by Crippen LogP contribution is -2.07. The number of aryl methyl sites for hydroxylation is 1. The molecular weight excluding hydrogens is 347 g/mol. The highest BCUT2D eigenvalue weighted by molar-refractivity contribution is 6.92. The standard InChI is InChI=1S/C8H10N2O2.C6H6N2O3.CH4.H3P/c1-3-6-4-9-7(10-5-6)8(11)12-2;9-3-4-1-7-5(6(10)11)8-2-4;;/h4-5H,3H2,1-2H3;1-2,9H,3H2,(H,10,11);1H4;1H3/p+1/i;;1D4;1D3/hD. The largest absolute Gasteiger partial charge is 0.475 e. The van der Waals surface area contributed by atoms with Crippen LogP contribution in [0.3, 0.4) is 0 Å². The van der Waals surface area contributed by atoms with Crippen molar-refractivity contribution in [3.63, 3.8) is 0 Å². The summed E-state index contributed by atoms with van der Waals surface area (Å²) in [6, 6.07) is 0. The number of aliphatic hydroxyl groups is 1. The van der Waals surface area contributed by atoms with Gasteiger partial charge in [0, 0.05) is 35.8 Å². The number of carboxylic acids is 1. The van der Waals surface area contributed by atoms with E-state index >= 15 is 0 Å². The molecule has 0 aliphatic rings. The minimum absolute atomic E-state index is 0.106. The fourth-order valence-corrected chi connectivity index (χ4v) is 1.28. The Hall–Kier alpha value is -2.51. The molecule has 0 bridgehead atoms. The van der Waals surface area contributed by atoms with E-state index in [1.165, 1.54) is 19.5 Å². The van der Waals surface area contributed by atoms with E-state index in [-0.39, 0.29) is 18.3 Å². The van der Waals surface area contributed by atoms with Crippen LogP contribution in [0.4, 0.5) is 0 Å². The summed E-state index contributed by atoms with van der Waals surface area (Å²) < 4.78 is 52.4. The van der Waals surface area contributed by atoms with Gasteiger partial charge in [-0.1, -0.05) is 14.3 Å². The molecule has 0 fully saturated rings. The maximum atomic E-state index is 10.9. The first-order valence-corrected chi connectivity index (χ1v) is 6.56. The first-order valence-electron chi connectivity index (χ1n) is 10.3. The fraction of sp³-hybridized carbons (Fsp3) is 0.333. The Morgan fingerprint density at radius 3 is 2.00 bits per heavy atom. The number of esters is 1. The van der Waals surface area contributed by atoms with Gasteiger partial charge in [-0.2, -0.15) is 0 Å². The number of aromatic carboxylic acids is 1. The third kappa shape index (κ3) is 8.23. The molecule has 0 aromatic carbocycles. The zero-order chi connectivity index (χ0) is 26.2. The van der Waals surface area contributed by atoms with Crippen LogP contribution in [0.15, 0.2) is 24.8 Å². The quantitative estimate of drug-likeness (QED) is 0.587. The molecule has 0 unspecified atom stereocenters. The van der Waals surface area contributed by atoms with E-state index in [2.05, 4.69) is 24.7 Å². The molecule has 0 saturated heterocycles. The number of methoxy groups -OCH3 is 1. The van der Waals surface area contributed by atoms with E-state index in [1.807, 2.05) is 6.92 Å². The summed E-state index contributed by atoms with van der Waals surface area (Å²) in [5.74, 6) is -1.83. The summed E-state index contributed by atoms with van der Waals surface area (Å²) in [5.41, 5.74) is 1.50. The molecule has 0 spiro atoms. The van der Waals surface area contributed by atoms with Crippen LogP contribution in [-0.2, 0) is 17.8 Å². The second-order valence-electron chi connectivity index (χ2n) is 4.14. The van der Waals surface area contributed by atoms with Crippen LogP contribution >= 0.6 is 9.68 Å². The highest BCUT2D eigenvalue weighted by Gasteiger charge is 2.07. The Labute approximate surface area is 159 Å². The average molecular weight is 379 g/mol. The van der Waals surface area contributed by atoms with Crippen molar-refractivity contribution in [2.24, 2.45) is 0 Å². The average Bonchev–Trinajstić information content (AvgIpc) is 2.71. The molecule has 0 radical (unpaired) electrons. The van der Waals surface area contributed by atoms with Gasteiger partial charge in [0.2, 0.25) is 11.6 Å². The van der Waals surface area contributed by atoms with Crippen molar-refractivity contribution in [2.45, 2.75) is 27.3 Å². The Balaban J connectivity index is 0. The lowest BCUT2D eigenvalue weighted by molar-refractivity contribution is 0.0585. The van der Waals surface area contributed by atoms with Gasteiger partial charge in [-0.15, -0.1) is 0 Å². The summed E-state index contributed by atoms with van der Waals surface area (Å²) in [7, 11) is -4.58. The van der Waals surface area contributed by atoms with Crippen molar-refractivity contribution in [3.05, 3.63) is 47.6 Å². The number of rotatable bonds is 4. The molecule has 2 aromatic rings. The normalized spacial score (nSPS) is 13.9. The Bertz CT molecular complexity index is 812. The lowest BCUT2D eigenvalue weighted by atomic mass is 10.3. The molecule has 9 nitrogen and oxygen atoms in total. The summed E-state index contributed by atoms with van der Waals surface area (Å²) in [5, 5.41) is 16.9. The molecule has 2 heterocycles. The number of nitrogens with zero attached hydrogens (tertiary/aromatic N) is 4. The summed E-state index contributed by atoms with van der Waals surface area (Å²) >= 11 is 0. The van der Waals surface area contributed by atoms with E-state index in [9.17, 15) is 9.59 Å². The SMILES string of the molecule is CCc1cnc(C(=O)OC)nc1.O=C(O)c1ncc(CO)cn1.[2H]C([2H])([2H])[2H].[2H][P+]([2H])([2H])[2H]. The van der Waals surface area contributed by atoms with E-state index in [1.54, 1.807) is 12.4 Å². The molecule has 0 aliphatic carbocycles. The van der Waals surface area contributed by atoms with Crippen LogP contribution in [0.25, 0.3) is 0 Å². The smallest absolute Gasteiger partial charge is 0.376 e.